The molecule has 0 aliphatic carbocycles. The van der Waals surface area contributed by atoms with Crippen LogP contribution in [0.25, 0.3) is 0 Å². The Labute approximate surface area is 118 Å². The molecule has 0 aromatic heterocycles. The molecule has 2 aliphatic heterocycles. The number of likely N-dealkylation sites (tertiary alicyclic amines) is 1. The van der Waals surface area contributed by atoms with E-state index in [0.717, 1.165) is 24.3 Å². The number of rotatable bonds is 5. The molecule has 0 aromatic carbocycles. The summed E-state index contributed by atoms with van der Waals surface area (Å²) in [6.45, 7) is 7.92. The zero-order valence-corrected chi connectivity index (χ0v) is 13.4. The lowest BCUT2D eigenvalue weighted by Crippen LogP contribution is -2.56. The highest BCUT2D eigenvalue weighted by atomic mass is 32.2. The van der Waals surface area contributed by atoms with Crippen LogP contribution in [0.1, 0.15) is 40.0 Å². The first-order chi connectivity index (χ1) is 8.77. The lowest BCUT2D eigenvalue weighted by molar-refractivity contribution is 0.269. The molecule has 0 bridgehead atoms. The van der Waals surface area contributed by atoms with Gasteiger partial charge in [-0.15, -0.1) is 0 Å². The molecular formula is C14H28N2O2S. The van der Waals surface area contributed by atoms with Crippen molar-refractivity contribution in [2.75, 3.05) is 19.3 Å². The zero-order chi connectivity index (χ0) is 14.2. The summed E-state index contributed by atoms with van der Waals surface area (Å²) in [5.41, 5.74) is 0. The topological polar surface area (TPSA) is 49.4 Å². The van der Waals surface area contributed by atoms with Gasteiger partial charge in [0, 0.05) is 18.6 Å². The van der Waals surface area contributed by atoms with Crippen LogP contribution in [0.3, 0.4) is 0 Å². The minimum atomic E-state index is -2.91. The molecular weight excluding hydrogens is 260 g/mol. The van der Waals surface area contributed by atoms with E-state index in [4.69, 9.17) is 0 Å². The lowest BCUT2D eigenvalue weighted by Gasteiger charge is -2.33. The number of sulfonamides is 1. The molecule has 0 radical (unpaired) electrons. The molecule has 0 saturated carbocycles. The van der Waals surface area contributed by atoms with Crippen LogP contribution in [0.2, 0.25) is 0 Å². The average Bonchev–Trinajstić information content (AvgIpc) is 2.54. The first-order valence-corrected chi connectivity index (χ1v) is 9.12. The van der Waals surface area contributed by atoms with Crippen molar-refractivity contribution >= 4 is 10.0 Å². The summed E-state index contributed by atoms with van der Waals surface area (Å²) in [6, 6.07) is 0.898. The van der Waals surface area contributed by atoms with Crippen molar-refractivity contribution in [3.8, 4) is 0 Å². The highest BCUT2D eigenvalue weighted by molar-refractivity contribution is 7.90. The molecule has 5 heteroatoms. The van der Waals surface area contributed by atoms with E-state index >= 15 is 0 Å². The normalized spacial score (nSPS) is 36.4. The van der Waals surface area contributed by atoms with Gasteiger partial charge >= 0.3 is 0 Å². The van der Waals surface area contributed by atoms with E-state index < -0.39 is 10.0 Å². The van der Waals surface area contributed by atoms with Crippen molar-refractivity contribution in [2.24, 2.45) is 17.8 Å². The monoisotopic (exact) mass is 288 g/mol. The maximum atomic E-state index is 11.1. The molecule has 2 fully saturated rings. The van der Waals surface area contributed by atoms with Gasteiger partial charge in [0.1, 0.15) is 0 Å². The number of hydrogen-bond donors (Lipinski definition) is 1. The molecule has 4 unspecified atom stereocenters. The summed E-state index contributed by atoms with van der Waals surface area (Å²) in [6.07, 6.45) is 3.70. The molecule has 0 spiro atoms. The van der Waals surface area contributed by atoms with Gasteiger partial charge in [-0.1, -0.05) is 20.8 Å². The number of hydrogen-bond acceptors (Lipinski definition) is 3. The molecule has 19 heavy (non-hydrogen) atoms. The summed E-state index contributed by atoms with van der Waals surface area (Å²) >= 11 is 0. The average molecular weight is 288 g/mol. The van der Waals surface area contributed by atoms with Gasteiger partial charge in [-0.2, -0.15) is 0 Å². The predicted octanol–water partition coefficient (Wildman–Crippen LogP) is 1.68. The second-order valence-electron chi connectivity index (χ2n) is 7.04. The Kier molecular flexibility index (Phi) is 4.58. The molecule has 2 heterocycles. The van der Waals surface area contributed by atoms with Crippen molar-refractivity contribution in [1.82, 2.24) is 9.62 Å². The van der Waals surface area contributed by atoms with E-state index in [9.17, 15) is 8.42 Å². The van der Waals surface area contributed by atoms with Crippen molar-refractivity contribution in [1.29, 1.82) is 0 Å². The van der Waals surface area contributed by atoms with E-state index in [2.05, 4.69) is 37.4 Å². The van der Waals surface area contributed by atoms with Crippen molar-refractivity contribution in [3.05, 3.63) is 0 Å². The van der Waals surface area contributed by atoms with Crippen LogP contribution in [-0.2, 0) is 10.0 Å². The van der Waals surface area contributed by atoms with Gasteiger partial charge in [0.2, 0.25) is 10.0 Å². The summed E-state index contributed by atoms with van der Waals surface area (Å²) in [5, 5.41) is 0. The van der Waals surface area contributed by atoms with E-state index in [1.165, 1.54) is 19.4 Å². The fraction of sp³-hybridized carbons (Fsp3) is 1.00. The Morgan fingerprint density at radius 2 is 1.89 bits per heavy atom. The predicted molar refractivity (Wildman–Crippen MR) is 78.5 cm³/mol. The van der Waals surface area contributed by atoms with E-state index in [1.807, 2.05) is 0 Å². The van der Waals surface area contributed by atoms with Gasteiger partial charge in [-0.25, -0.2) is 13.1 Å². The minimum absolute atomic E-state index is 0.180. The smallest absolute Gasteiger partial charge is 0.213 e. The summed E-state index contributed by atoms with van der Waals surface area (Å²) in [4.78, 5) is 2.49. The van der Waals surface area contributed by atoms with E-state index in [-0.39, 0.29) is 6.04 Å². The Morgan fingerprint density at radius 3 is 2.42 bits per heavy atom. The lowest BCUT2D eigenvalue weighted by atomic mass is 9.88. The first-order valence-electron chi connectivity index (χ1n) is 7.47. The van der Waals surface area contributed by atoms with Gasteiger partial charge in [0.05, 0.1) is 5.75 Å². The fourth-order valence-corrected chi connectivity index (χ4v) is 5.07. The summed E-state index contributed by atoms with van der Waals surface area (Å²) < 4.78 is 25.0. The van der Waals surface area contributed by atoms with Crippen LogP contribution in [0.15, 0.2) is 0 Å². The van der Waals surface area contributed by atoms with Gasteiger partial charge in [0.25, 0.3) is 0 Å². The summed E-state index contributed by atoms with van der Waals surface area (Å²) in [5.74, 6) is 2.27. The maximum Gasteiger partial charge on any atom is 0.213 e. The molecule has 4 atom stereocenters. The first kappa shape index (κ1) is 15.3. The molecule has 2 rings (SSSR count). The highest BCUT2D eigenvalue weighted by Crippen LogP contribution is 2.32. The van der Waals surface area contributed by atoms with Crippen LogP contribution in [0, 0.1) is 17.8 Å². The standard InChI is InChI=1S/C14H28N2O2S/c1-10(2)5-13-7-12(8-16(13)4)6-11(3)14-9-19(17,18)15-14/h10-15H,5-9H2,1-4H3. The van der Waals surface area contributed by atoms with Crippen LogP contribution >= 0.6 is 0 Å². The van der Waals surface area contributed by atoms with Crippen LogP contribution < -0.4 is 4.72 Å². The second-order valence-corrected chi connectivity index (χ2v) is 8.84. The highest BCUT2D eigenvalue weighted by Gasteiger charge is 2.38. The minimum Gasteiger partial charge on any atom is -0.303 e. The van der Waals surface area contributed by atoms with Gasteiger partial charge < -0.3 is 4.90 Å². The van der Waals surface area contributed by atoms with Crippen molar-refractivity contribution in [3.63, 3.8) is 0 Å². The quantitative estimate of drug-likeness (QED) is 0.837. The second kappa shape index (κ2) is 5.70. The number of nitrogens with zero attached hydrogens (tertiary/aromatic N) is 1. The fourth-order valence-electron chi connectivity index (χ4n) is 3.61. The third-order valence-electron chi connectivity index (χ3n) is 4.64. The molecule has 0 amide bonds. The molecule has 0 aromatic rings. The van der Waals surface area contributed by atoms with Crippen LogP contribution in [-0.4, -0.2) is 44.7 Å². The third-order valence-corrected chi connectivity index (χ3v) is 6.10. The van der Waals surface area contributed by atoms with Crippen molar-refractivity contribution < 1.29 is 8.42 Å². The Morgan fingerprint density at radius 1 is 1.26 bits per heavy atom. The number of nitrogens with one attached hydrogen (secondary N) is 1. The van der Waals surface area contributed by atoms with Gasteiger partial charge in [-0.05, 0) is 44.1 Å². The van der Waals surface area contributed by atoms with Crippen LogP contribution in [0.4, 0.5) is 0 Å². The largest absolute Gasteiger partial charge is 0.303 e. The zero-order valence-electron chi connectivity index (χ0n) is 12.6. The van der Waals surface area contributed by atoms with Gasteiger partial charge in [0.15, 0.2) is 0 Å². The van der Waals surface area contributed by atoms with Crippen molar-refractivity contribution in [2.45, 2.75) is 52.1 Å². The Balaban J connectivity index is 1.78. The molecule has 4 nitrogen and oxygen atoms in total. The van der Waals surface area contributed by atoms with Crippen LogP contribution in [0.5, 0.6) is 0 Å². The summed E-state index contributed by atoms with van der Waals surface area (Å²) in [7, 11) is -0.681. The molecule has 2 saturated heterocycles. The molecule has 2 aliphatic rings. The SMILES string of the molecule is CC(C)CC1CC(CC(C)C2CS(=O)(=O)N2)CN1C. The van der Waals surface area contributed by atoms with E-state index in [0.29, 0.717) is 11.7 Å². The molecule has 1 N–H and O–H groups in total. The Bertz CT molecular complexity index is 396. The van der Waals surface area contributed by atoms with E-state index in [1.54, 1.807) is 0 Å². The van der Waals surface area contributed by atoms with Gasteiger partial charge in [-0.3, -0.25) is 0 Å². The third kappa shape index (κ3) is 3.92. The molecule has 112 valence electrons. The Hall–Kier alpha value is -0.130. The maximum absolute atomic E-state index is 11.1.